The summed E-state index contributed by atoms with van der Waals surface area (Å²) in [5.74, 6) is 1.10. The summed E-state index contributed by atoms with van der Waals surface area (Å²) >= 11 is 0. The summed E-state index contributed by atoms with van der Waals surface area (Å²) in [4.78, 5) is 37.6. The number of anilines is 1. The predicted molar refractivity (Wildman–Crippen MR) is 98.0 cm³/mol. The lowest BCUT2D eigenvalue weighted by Crippen LogP contribution is -2.47. The molecule has 138 valence electrons. The molecule has 0 aliphatic carbocycles. The van der Waals surface area contributed by atoms with Crippen LogP contribution in [-0.2, 0) is 9.53 Å². The number of morpholine rings is 1. The molecule has 0 aromatic carbocycles. The molecule has 1 aliphatic rings. The maximum absolute atomic E-state index is 12.4. The van der Waals surface area contributed by atoms with E-state index in [1.807, 2.05) is 13.0 Å². The van der Waals surface area contributed by atoms with Gasteiger partial charge in [0.2, 0.25) is 5.91 Å². The van der Waals surface area contributed by atoms with Gasteiger partial charge in [-0.25, -0.2) is 9.97 Å². The molecule has 1 aliphatic heterocycles. The largest absolute Gasteiger partial charge is 0.378 e. The molecule has 0 bridgehead atoms. The first-order valence-electron chi connectivity index (χ1n) is 8.62. The van der Waals surface area contributed by atoms with Crippen molar-refractivity contribution in [2.45, 2.75) is 26.8 Å². The first kappa shape index (κ1) is 18.1. The molecule has 1 atom stereocenters. The van der Waals surface area contributed by atoms with E-state index in [1.54, 1.807) is 31.0 Å². The quantitative estimate of drug-likeness (QED) is 0.850. The van der Waals surface area contributed by atoms with Crippen LogP contribution in [0.25, 0.3) is 11.4 Å². The van der Waals surface area contributed by atoms with Crippen molar-refractivity contribution in [3.8, 4) is 11.4 Å². The molecule has 2 N–H and O–H groups in total. The summed E-state index contributed by atoms with van der Waals surface area (Å²) in [5.41, 5.74) is 1.86. The number of nitrogens with one attached hydrogen (secondary N) is 2. The molecule has 3 rings (SSSR count). The molecule has 8 heteroatoms. The van der Waals surface area contributed by atoms with Gasteiger partial charge in [0.05, 0.1) is 13.2 Å². The zero-order valence-electron chi connectivity index (χ0n) is 15.2. The molecule has 2 aromatic heterocycles. The van der Waals surface area contributed by atoms with Gasteiger partial charge < -0.3 is 19.9 Å². The Hall–Kier alpha value is -2.74. The summed E-state index contributed by atoms with van der Waals surface area (Å²) in [6, 6.07) is 3.20. The van der Waals surface area contributed by atoms with Gasteiger partial charge in [-0.05, 0) is 32.9 Å². The van der Waals surface area contributed by atoms with Crippen LogP contribution in [0, 0.1) is 13.8 Å². The molecule has 2 aromatic rings. The summed E-state index contributed by atoms with van der Waals surface area (Å²) in [6.07, 6.45) is 1.63. The predicted octanol–water partition coefficient (Wildman–Crippen LogP) is 1.11. The van der Waals surface area contributed by atoms with Crippen LogP contribution in [0.1, 0.15) is 18.2 Å². The van der Waals surface area contributed by atoms with Crippen molar-refractivity contribution in [3.63, 3.8) is 0 Å². The fraction of sp³-hybridized carbons (Fsp3) is 0.444. The molecule has 26 heavy (non-hydrogen) atoms. The van der Waals surface area contributed by atoms with E-state index in [0.29, 0.717) is 54.8 Å². The second-order valence-electron chi connectivity index (χ2n) is 6.36. The minimum absolute atomic E-state index is 0.0272. The summed E-state index contributed by atoms with van der Waals surface area (Å²) in [6.45, 7) is 7.74. The van der Waals surface area contributed by atoms with Crippen molar-refractivity contribution in [2.24, 2.45) is 0 Å². The third kappa shape index (κ3) is 3.91. The van der Waals surface area contributed by atoms with Gasteiger partial charge in [-0.1, -0.05) is 0 Å². The van der Waals surface area contributed by atoms with E-state index in [-0.39, 0.29) is 17.5 Å². The van der Waals surface area contributed by atoms with Gasteiger partial charge in [0.15, 0.2) is 0 Å². The van der Waals surface area contributed by atoms with Gasteiger partial charge in [0, 0.05) is 36.1 Å². The number of carbonyl (C=O) groups excluding carboxylic acids is 1. The van der Waals surface area contributed by atoms with Gasteiger partial charge in [-0.15, -0.1) is 0 Å². The number of rotatable bonds is 4. The van der Waals surface area contributed by atoms with Crippen LogP contribution < -0.4 is 10.9 Å². The Kier molecular flexibility index (Phi) is 5.32. The highest BCUT2D eigenvalue weighted by Crippen LogP contribution is 2.16. The molecule has 0 radical (unpaired) electrons. The van der Waals surface area contributed by atoms with Gasteiger partial charge in [-0.3, -0.25) is 9.59 Å². The highest BCUT2D eigenvalue weighted by molar-refractivity contribution is 5.84. The van der Waals surface area contributed by atoms with Gasteiger partial charge in [0.1, 0.15) is 17.7 Å². The average Bonchev–Trinajstić information content (AvgIpc) is 2.66. The number of pyridine rings is 1. The van der Waals surface area contributed by atoms with Gasteiger partial charge in [0.25, 0.3) is 5.56 Å². The minimum Gasteiger partial charge on any atom is -0.378 e. The molecule has 0 saturated carbocycles. The van der Waals surface area contributed by atoms with Crippen molar-refractivity contribution in [3.05, 3.63) is 39.9 Å². The molecule has 1 fully saturated rings. The van der Waals surface area contributed by atoms with E-state index in [2.05, 4.69) is 20.3 Å². The first-order chi connectivity index (χ1) is 12.5. The second kappa shape index (κ2) is 7.65. The van der Waals surface area contributed by atoms with Crippen LogP contribution in [0.2, 0.25) is 0 Å². The van der Waals surface area contributed by atoms with Crippen molar-refractivity contribution < 1.29 is 9.53 Å². The molecular weight excluding hydrogens is 334 g/mol. The lowest BCUT2D eigenvalue weighted by atomic mass is 10.2. The third-order valence-electron chi connectivity index (χ3n) is 4.49. The Bertz CT molecular complexity index is 841. The zero-order valence-corrected chi connectivity index (χ0v) is 15.2. The molecule has 3 heterocycles. The highest BCUT2D eigenvalue weighted by atomic mass is 16.5. The van der Waals surface area contributed by atoms with Crippen LogP contribution in [0.15, 0.2) is 23.1 Å². The first-order valence-corrected chi connectivity index (χ1v) is 8.62. The van der Waals surface area contributed by atoms with Crippen LogP contribution in [0.5, 0.6) is 0 Å². The zero-order chi connectivity index (χ0) is 18.7. The third-order valence-corrected chi connectivity index (χ3v) is 4.49. The maximum Gasteiger partial charge on any atom is 0.254 e. The Morgan fingerprint density at radius 3 is 2.65 bits per heavy atom. The number of aromatic amines is 1. The number of ether oxygens (including phenoxy) is 1. The number of hydrogen-bond donors (Lipinski definition) is 2. The average molecular weight is 357 g/mol. The fourth-order valence-corrected chi connectivity index (χ4v) is 2.74. The van der Waals surface area contributed by atoms with Crippen molar-refractivity contribution in [1.29, 1.82) is 0 Å². The van der Waals surface area contributed by atoms with E-state index in [1.165, 1.54) is 0 Å². The number of hydrogen-bond acceptors (Lipinski definition) is 6. The van der Waals surface area contributed by atoms with Crippen molar-refractivity contribution in [1.82, 2.24) is 19.9 Å². The van der Waals surface area contributed by atoms with E-state index >= 15 is 0 Å². The number of amides is 1. The summed E-state index contributed by atoms with van der Waals surface area (Å²) < 4.78 is 5.27. The topological polar surface area (TPSA) is 100 Å². The van der Waals surface area contributed by atoms with Crippen molar-refractivity contribution in [2.75, 3.05) is 31.6 Å². The van der Waals surface area contributed by atoms with Crippen LogP contribution in [0.4, 0.5) is 5.82 Å². The van der Waals surface area contributed by atoms with E-state index in [0.717, 1.165) is 0 Å². The lowest BCUT2D eigenvalue weighted by molar-refractivity contribution is -0.135. The SMILES string of the molecule is Cc1nc(-c2ccc(NC(C)C(=O)N3CCOCC3)nc2)[nH]c(=O)c1C. The molecular formula is C18H23N5O3. The van der Waals surface area contributed by atoms with E-state index in [9.17, 15) is 9.59 Å². The number of H-pyrrole nitrogens is 1. The second-order valence-corrected chi connectivity index (χ2v) is 6.36. The Labute approximate surface area is 151 Å². The lowest BCUT2D eigenvalue weighted by Gasteiger charge is -2.29. The summed E-state index contributed by atoms with van der Waals surface area (Å²) in [7, 11) is 0. The van der Waals surface area contributed by atoms with Crippen LogP contribution in [-0.4, -0.2) is 58.1 Å². The molecule has 1 saturated heterocycles. The summed E-state index contributed by atoms with van der Waals surface area (Å²) in [5, 5.41) is 3.11. The Balaban J connectivity index is 1.69. The molecule has 1 unspecified atom stereocenters. The number of carbonyl (C=O) groups is 1. The van der Waals surface area contributed by atoms with Crippen LogP contribution in [0.3, 0.4) is 0 Å². The van der Waals surface area contributed by atoms with Crippen molar-refractivity contribution >= 4 is 11.7 Å². The smallest absolute Gasteiger partial charge is 0.254 e. The minimum atomic E-state index is -0.383. The Morgan fingerprint density at radius 1 is 1.31 bits per heavy atom. The number of aryl methyl sites for hydroxylation is 1. The normalized spacial score (nSPS) is 15.6. The standard InChI is InChI=1S/C18H23N5O3/c1-11-12(2)21-16(22-17(11)24)14-4-5-15(19-10-14)20-13(3)18(25)23-6-8-26-9-7-23/h4-5,10,13H,6-9H2,1-3H3,(H,19,20)(H,21,22,24). The number of aromatic nitrogens is 3. The van der Waals surface area contributed by atoms with E-state index in [4.69, 9.17) is 4.74 Å². The highest BCUT2D eigenvalue weighted by Gasteiger charge is 2.22. The Morgan fingerprint density at radius 2 is 2.04 bits per heavy atom. The maximum atomic E-state index is 12.4. The van der Waals surface area contributed by atoms with Crippen LogP contribution >= 0.6 is 0 Å². The number of nitrogens with zero attached hydrogens (tertiary/aromatic N) is 3. The molecule has 0 spiro atoms. The molecule has 8 nitrogen and oxygen atoms in total. The monoisotopic (exact) mass is 357 g/mol. The molecule has 1 amide bonds. The fourth-order valence-electron chi connectivity index (χ4n) is 2.74. The van der Waals surface area contributed by atoms with Gasteiger partial charge >= 0.3 is 0 Å². The van der Waals surface area contributed by atoms with E-state index < -0.39 is 0 Å². The van der Waals surface area contributed by atoms with Gasteiger partial charge in [-0.2, -0.15) is 0 Å².